The molecule has 35 heavy (non-hydrogen) atoms. The number of hydrogen-bond acceptors (Lipinski definition) is 7. The average Bonchev–Trinajstić information content (AvgIpc) is 3.11. The van der Waals surface area contributed by atoms with E-state index >= 15 is 0 Å². The summed E-state index contributed by atoms with van der Waals surface area (Å²) in [4.78, 5) is 27.5. The maximum atomic E-state index is 13.9. The van der Waals surface area contributed by atoms with E-state index in [1.54, 1.807) is 6.07 Å². The normalized spacial score (nSPS) is 26.5. The van der Waals surface area contributed by atoms with Crippen LogP contribution in [0.1, 0.15) is 18.4 Å². The van der Waals surface area contributed by atoms with Gasteiger partial charge in [0, 0.05) is 30.7 Å². The highest BCUT2D eigenvalue weighted by Gasteiger charge is 2.66. The highest BCUT2D eigenvalue weighted by Crippen LogP contribution is 2.51. The van der Waals surface area contributed by atoms with Crippen molar-refractivity contribution in [1.82, 2.24) is 14.5 Å². The number of carboxylic acids is 1. The average molecular weight is 534 g/mol. The molecule has 1 aromatic carbocycles. The first-order valence-electron chi connectivity index (χ1n) is 9.96. The van der Waals surface area contributed by atoms with Gasteiger partial charge in [-0.05, 0) is 31.0 Å². The molecule has 2 aliphatic rings. The van der Waals surface area contributed by atoms with E-state index in [1.807, 2.05) is 0 Å². The number of carboxylic acid groups (broad SMARTS) is 1. The molecule has 10 nitrogen and oxygen atoms in total. The van der Waals surface area contributed by atoms with Crippen LogP contribution in [0.5, 0.6) is 0 Å². The molecule has 15 heteroatoms. The smallest absolute Gasteiger partial charge is 0.417 e. The van der Waals surface area contributed by atoms with Crippen molar-refractivity contribution < 1.29 is 36.3 Å². The van der Waals surface area contributed by atoms with Crippen LogP contribution in [0.2, 0.25) is 0 Å². The van der Waals surface area contributed by atoms with E-state index in [0.29, 0.717) is 6.07 Å². The predicted molar refractivity (Wildman–Crippen MR) is 115 cm³/mol. The molecule has 1 aliphatic carbocycles. The summed E-state index contributed by atoms with van der Waals surface area (Å²) in [6, 6.07) is 2.14. The maximum Gasteiger partial charge on any atom is 0.417 e. The highest BCUT2D eigenvalue weighted by atomic mass is 35.5. The SMILES string of the molecule is Cl.N#CC1(C(N)=O)CC1N1C[C@H](S(=O)(=O)c2ccc(-n3ccnc3)cc2C(F)(F)F)C[C@H]1C(=O)O. The Labute approximate surface area is 203 Å². The Morgan fingerprint density at radius 3 is 2.49 bits per heavy atom. The molecule has 2 fully saturated rings. The van der Waals surface area contributed by atoms with E-state index in [0.717, 1.165) is 6.07 Å². The third kappa shape index (κ3) is 4.35. The van der Waals surface area contributed by atoms with Crippen molar-refractivity contribution in [2.45, 2.75) is 41.2 Å². The molecular formula is C20H19ClF3N5O5S. The van der Waals surface area contributed by atoms with Crippen molar-refractivity contribution in [3.8, 4) is 11.8 Å². The van der Waals surface area contributed by atoms with Crippen LogP contribution in [0.3, 0.4) is 0 Å². The van der Waals surface area contributed by atoms with Crippen LogP contribution in [0.25, 0.3) is 5.69 Å². The molecule has 1 saturated carbocycles. The Morgan fingerprint density at radius 1 is 1.31 bits per heavy atom. The van der Waals surface area contributed by atoms with Gasteiger partial charge in [0.2, 0.25) is 5.91 Å². The molecule has 4 rings (SSSR count). The monoisotopic (exact) mass is 533 g/mol. The highest BCUT2D eigenvalue weighted by molar-refractivity contribution is 7.92. The van der Waals surface area contributed by atoms with Gasteiger partial charge in [-0.25, -0.2) is 13.4 Å². The lowest BCUT2D eigenvalue weighted by Gasteiger charge is -2.22. The van der Waals surface area contributed by atoms with Crippen LogP contribution in [-0.2, 0) is 25.6 Å². The van der Waals surface area contributed by atoms with Crippen LogP contribution >= 0.6 is 12.4 Å². The number of nitriles is 1. The van der Waals surface area contributed by atoms with E-state index in [9.17, 15) is 41.5 Å². The van der Waals surface area contributed by atoms with E-state index in [2.05, 4.69) is 4.98 Å². The number of benzene rings is 1. The van der Waals surface area contributed by atoms with Gasteiger partial charge in [0.25, 0.3) is 0 Å². The summed E-state index contributed by atoms with van der Waals surface area (Å²) in [6.45, 7) is -0.457. The van der Waals surface area contributed by atoms with Crippen molar-refractivity contribution in [2.75, 3.05) is 6.54 Å². The quantitative estimate of drug-likeness (QED) is 0.563. The largest absolute Gasteiger partial charge is 0.480 e. The van der Waals surface area contributed by atoms with Gasteiger partial charge in [0.1, 0.15) is 6.04 Å². The minimum atomic E-state index is -5.01. The number of hydrogen-bond donors (Lipinski definition) is 2. The number of sulfone groups is 1. The number of imidazole rings is 1. The second-order valence-electron chi connectivity index (χ2n) is 8.27. The minimum absolute atomic E-state index is 0. The van der Waals surface area contributed by atoms with E-state index in [-0.39, 0.29) is 24.5 Å². The van der Waals surface area contributed by atoms with Gasteiger partial charge in [-0.3, -0.25) is 14.5 Å². The zero-order valence-corrected chi connectivity index (χ0v) is 19.3. The summed E-state index contributed by atoms with van der Waals surface area (Å²) in [5, 5.41) is 17.4. The fraction of sp³-hybridized carbons (Fsp3) is 0.400. The fourth-order valence-electron chi connectivity index (χ4n) is 4.46. The van der Waals surface area contributed by atoms with Crippen molar-refractivity contribution in [2.24, 2.45) is 11.1 Å². The van der Waals surface area contributed by atoms with Gasteiger partial charge in [0.15, 0.2) is 15.3 Å². The van der Waals surface area contributed by atoms with Gasteiger partial charge in [-0.2, -0.15) is 18.4 Å². The first-order chi connectivity index (χ1) is 15.8. The molecule has 0 bridgehead atoms. The number of carbonyl (C=O) groups excluding carboxylic acids is 1. The Balaban J connectivity index is 0.00000342. The number of nitrogens with zero attached hydrogens (tertiary/aromatic N) is 4. The molecule has 2 aromatic rings. The standard InChI is InChI=1S/C20H18F3N5O5S.ClH/c21-20(22,23)13-5-11(27-4-3-26-10-27)1-2-15(13)34(32,33)12-6-14(17(29)30)28(8-12)16-7-19(16,9-24)18(25)31;/h1-5,10,12,14,16H,6-8H2,(H2,25,31)(H,29,30);1H/t12-,14+,16?,19?;/m1./s1. The van der Waals surface area contributed by atoms with Gasteiger partial charge < -0.3 is 15.4 Å². The first kappa shape index (κ1) is 26.5. The van der Waals surface area contributed by atoms with Crippen molar-refractivity contribution in [1.29, 1.82) is 5.26 Å². The summed E-state index contributed by atoms with van der Waals surface area (Å²) in [6.07, 6.45) is -1.60. The molecule has 188 valence electrons. The molecule has 1 aromatic heterocycles. The Bertz CT molecular complexity index is 1310. The van der Waals surface area contributed by atoms with Gasteiger partial charge in [-0.1, -0.05) is 0 Å². The van der Waals surface area contributed by atoms with E-state index in [4.69, 9.17) is 5.73 Å². The number of carbonyl (C=O) groups is 2. The van der Waals surface area contributed by atoms with Gasteiger partial charge in [0.05, 0.1) is 28.1 Å². The number of nitrogens with two attached hydrogens (primary N) is 1. The van der Waals surface area contributed by atoms with Crippen LogP contribution in [0.15, 0.2) is 41.8 Å². The van der Waals surface area contributed by atoms with Gasteiger partial charge >= 0.3 is 12.1 Å². The van der Waals surface area contributed by atoms with Crippen LogP contribution in [0.4, 0.5) is 13.2 Å². The fourth-order valence-corrected chi connectivity index (χ4v) is 6.36. The van der Waals surface area contributed by atoms with Crippen LogP contribution in [-0.4, -0.2) is 63.7 Å². The summed E-state index contributed by atoms with van der Waals surface area (Å²) in [5.74, 6) is -2.38. The molecule has 1 saturated heterocycles. The Kier molecular flexibility index (Phi) is 6.66. The number of amides is 1. The lowest BCUT2D eigenvalue weighted by molar-refractivity contribution is -0.143. The summed E-state index contributed by atoms with van der Waals surface area (Å²) < 4.78 is 69.5. The summed E-state index contributed by atoms with van der Waals surface area (Å²) in [5.41, 5.74) is 2.26. The number of halogens is 4. The molecule has 4 atom stereocenters. The second-order valence-corrected chi connectivity index (χ2v) is 10.5. The number of alkyl halides is 3. The number of aromatic nitrogens is 2. The van der Waals surface area contributed by atoms with Crippen molar-refractivity contribution in [3.05, 3.63) is 42.5 Å². The lowest BCUT2D eigenvalue weighted by Crippen LogP contribution is -2.42. The van der Waals surface area contributed by atoms with Gasteiger partial charge in [-0.15, -0.1) is 12.4 Å². The summed E-state index contributed by atoms with van der Waals surface area (Å²) >= 11 is 0. The zero-order valence-electron chi connectivity index (χ0n) is 17.7. The third-order valence-electron chi connectivity index (χ3n) is 6.37. The minimum Gasteiger partial charge on any atom is -0.480 e. The molecule has 0 radical (unpaired) electrons. The van der Waals surface area contributed by atoms with E-state index < -0.39 is 74.1 Å². The molecule has 1 amide bonds. The number of aliphatic carboxylic acids is 1. The van der Waals surface area contributed by atoms with E-state index in [1.165, 1.54) is 34.3 Å². The maximum absolute atomic E-state index is 13.9. The Hall–Kier alpha value is -3.15. The predicted octanol–water partition coefficient (Wildman–Crippen LogP) is 1.38. The van der Waals surface area contributed by atoms with Crippen molar-refractivity contribution >= 4 is 34.1 Å². The van der Waals surface area contributed by atoms with Crippen molar-refractivity contribution in [3.63, 3.8) is 0 Å². The summed E-state index contributed by atoms with van der Waals surface area (Å²) in [7, 11) is -4.66. The molecule has 3 N–H and O–H groups in total. The van der Waals surface area contributed by atoms with Crippen LogP contribution in [0, 0.1) is 16.7 Å². The second kappa shape index (κ2) is 8.81. The number of rotatable bonds is 6. The third-order valence-corrected chi connectivity index (χ3v) is 8.55. The molecule has 1 aliphatic heterocycles. The zero-order chi connectivity index (χ0) is 25.1. The Morgan fingerprint density at radius 2 is 2.00 bits per heavy atom. The molecular weight excluding hydrogens is 515 g/mol. The number of likely N-dealkylation sites (tertiary alicyclic amines) is 1. The lowest BCUT2D eigenvalue weighted by atomic mass is 10.1. The molecule has 2 heterocycles. The molecule has 2 unspecified atom stereocenters. The molecule has 0 spiro atoms. The topological polar surface area (TPSA) is 159 Å². The number of primary amides is 1. The first-order valence-corrected chi connectivity index (χ1v) is 11.5. The van der Waals surface area contributed by atoms with Crippen LogP contribution < -0.4 is 5.73 Å².